The highest BCUT2D eigenvalue weighted by Gasteiger charge is 2.38. The van der Waals surface area contributed by atoms with Gasteiger partial charge in [0.15, 0.2) is 5.78 Å². The van der Waals surface area contributed by atoms with E-state index in [4.69, 9.17) is 23.2 Å². The molecule has 0 bridgehead atoms. The van der Waals surface area contributed by atoms with Crippen LogP contribution < -0.4 is 5.32 Å². The van der Waals surface area contributed by atoms with Crippen molar-refractivity contribution < 1.29 is 4.79 Å². The summed E-state index contributed by atoms with van der Waals surface area (Å²) < 4.78 is 0. The monoisotopic (exact) mass is 357 g/mol. The van der Waals surface area contributed by atoms with Crippen molar-refractivity contribution in [1.82, 2.24) is 0 Å². The second kappa shape index (κ2) is 5.94. The van der Waals surface area contributed by atoms with Crippen LogP contribution >= 0.6 is 23.2 Å². The number of rotatable bonds is 2. The van der Waals surface area contributed by atoms with E-state index in [-0.39, 0.29) is 11.8 Å². The number of carbonyl (C=O) groups excluding carboxylic acids is 1. The van der Waals surface area contributed by atoms with E-state index in [0.29, 0.717) is 21.9 Å². The van der Waals surface area contributed by atoms with Gasteiger partial charge in [-0.15, -0.1) is 0 Å². The van der Waals surface area contributed by atoms with Crippen molar-refractivity contribution >= 4 is 34.7 Å². The van der Waals surface area contributed by atoms with E-state index in [2.05, 4.69) is 17.5 Å². The molecule has 0 fully saturated rings. The lowest BCUT2D eigenvalue weighted by atomic mass is 9.76. The first kappa shape index (κ1) is 15.7. The number of hydrogen-bond donors (Lipinski definition) is 1. The van der Waals surface area contributed by atoms with Gasteiger partial charge >= 0.3 is 0 Å². The zero-order chi connectivity index (χ0) is 16.8. The van der Waals surface area contributed by atoms with Crippen molar-refractivity contribution in [3.63, 3.8) is 0 Å². The summed E-state index contributed by atoms with van der Waals surface area (Å²) in [4.78, 5) is 11.7. The van der Waals surface area contributed by atoms with E-state index in [1.165, 1.54) is 5.56 Å². The van der Waals surface area contributed by atoms with E-state index in [1.54, 1.807) is 13.0 Å². The number of carbonyl (C=O) groups is 1. The Kier molecular flexibility index (Phi) is 3.90. The second-order valence-corrected chi connectivity index (χ2v) is 7.34. The van der Waals surface area contributed by atoms with Gasteiger partial charge in [0.05, 0.1) is 6.04 Å². The lowest BCUT2D eigenvalue weighted by Gasteiger charge is -2.38. The van der Waals surface area contributed by atoms with E-state index in [1.807, 2.05) is 30.3 Å². The number of hydrogen-bond acceptors (Lipinski definition) is 2. The van der Waals surface area contributed by atoms with Gasteiger partial charge in [-0.1, -0.05) is 41.4 Å². The van der Waals surface area contributed by atoms with Crippen molar-refractivity contribution in [2.45, 2.75) is 25.3 Å². The lowest BCUT2D eigenvalue weighted by molar-refractivity contribution is 0.101. The molecule has 122 valence electrons. The smallest absolute Gasteiger partial charge is 0.159 e. The molecule has 2 aliphatic rings. The van der Waals surface area contributed by atoms with Gasteiger partial charge in [0.25, 0.3) is 0 Å². The third-order valence-electron chi connectivity index (χ3n) is 5.07. The molecule has 0 saturated carbocycles. The molecule has 0 unspecified atom stereocenters. The average Bonchev–Trinajstić information content (AvgIpc) is 3.04. The van der Waals surface area contributed by atoms with Crippen LogP contribution in [0.5, 0.6) is 0 Å². The standard InChI is InChI=1S/C20H17Cl2NO/c1-11(24)12-5-8-19-17(9-12)14-3-2-4-15(14)20(23-19)16-7-6-13(21)10-18(16)22/h2-3,5-10,14-15,20,23H,4H2,1H3/t14-,15-,20-/m0/s1. The topological polar surface area (TPSA) is 29.1 Å². The number of ketones is 1. The van der Waals surface area contributed by atoms with Crippen LogP contribution in [0.3, 0.4) is 0 Å². The Labute approximate surface area is 151 Å². The zero-order valence-corrected chi connectivity index (χ0v) is 14.7. The number of halogens is 2. The second-order valence-electron chi connectivity index (χ2n) is 6.50. The number of Topliss-reactive ketones (excluding diaryl/α,β-unsaturated/α-hetero) is 1. The first-order valence-electron chi connectivity index (χ1n) is 8.07. The van der Waals surface area contributed by atoms with Crippen LogP contribution in [0, 0.1) is 5.92 Å². The Bertz CT molecular complexity index is 859. The summed E-state index contributed by atoms with van der Waals surface area (Å²) in [5, 5.41) is 4.97. The summed E-state index contributed by atoms with van der Waals surface area (Å²) in [7, 11) is 0. The Morgan fingerprint density at radius 1 is 1.12 bits per heavy atom. The molecule has 2 aromatic carbocycles. The summed E-state index contributed by atoms with van der Waals surface area (Å²) in [5.74, 6) is 0.787. The molecule has 0 spiro atoms. The molecule has 3 atom stereocenters. The Hall–Kier alpha value is -1.77. The van der Waals surface area contributed by atoms with Crippen LogP contribution in [0.25, 0.3) is 0 Å². The third-order valence-corrected chi connectivity index (χ3v) is 5.63. The van der Waals surface area contributed by atoms with Crippen LogP contribution in [0.4, 0.5) is 5.69 Å². The Morgan fingerprint density at radius 2 is 1.96 bits per heavy atom. The molecular weight excluding hydrogens is 341 g/mol. The fourth-order valence-electron chi connectivity index (χ4n) is 3.87. The molecule has 0 aromatic heterocycles. The zero-order valence-electron chi connectivity index (χ0n) is 13.2. The number of anilines is 1. The summed E-state index contributed by atoms with van der Waals surface area (Å²) in [6.45, 7) is 1.61. The van der Waals surface area contributed by atoms with Gasteiger partial charge in [0.1, 0.15) is 0 Å². The van der Waals surface area contributed by atoms with Crippen molar-refractivity contribution in [3.05, 3.63) is 75.3 Å². The summed E-state index contributed by atoms with van der Waals surface area (Å²) in [5.41, 5.74) is 4.10. The van der Waals surface area contributed by atoms with Gasteiger partial charge in [0.2, 0.25) is 0 Å². The summed E-state index contributed by atoms with van der Waals surface area (Å²) >= 11 is 12.5. The molecule has 0 radical (unpaired) electrons. The number of nitrogens with one attached hydrogen (secondary N) is 1. The van der Waals surface area contributed by atoms with Crippen molar-refractivity contribution in [1.29, 1.82) is 0 Å². The predicted molar refractivity (Wildman–Crippen MR) is 99.3 cm³/mol. The van der Waals surface area contributed by atoms with Gasteiger partial charge in [0, 0.05) is 27.2 Å². The van der Waals surface area contributed by atoms with E-state index < -0.39 is 0 Å². The Balaban J connectivity index is 1.79. The fraction of sp³-hybridized carbons (Fsp3) is 0.250. The SMILES string of the molecule is CC(=O)c1ccc2c(c1)[C@H]1C=CC[C@@H]1[C@@H](c1ccc(Cl)cc1Cl)N2. The van der Waals surface area contributed by atoms with E-state index >= 15 is 0 Å². The maximum absolute atomic E-state index is 11.7. The van der Waals surface area contributed by atoms with Crippen LogP contribution in [0.15, 0.2) is 48.6 Å². The molecule has 2 aromatic rings. The molecular formula is C20H17Cl2NO. The van der Waals surface area contributed by atoms with Gasteiger partial charge in [-0.05, 0) is 60.7 Å². The first-order chi connectivity index (χ1) is 11.5. The third kappa shape index (κ3) is 2.54. The van der Waals surface area contributed by atoms with Gasteiger partial charge in [-0.3, -0.25) is 4.79 Å². The highest BCUT2D eigenvalue weighted by atomic mass is 35.5. The van der Waals surface area contributed by atoms with E-state index in [0.717, 1.165) is 23.2 Å². The molecule has 0 amide bonds. The number of allylic oxidation sites excluding steroid dienone is 2. The van der Waals surface area contributed by atoms with Crippen molar-refractivity contribution in [2.24, 2.45) is 5.92 Å². The van der Waals surface area contributed by atoms with E-state index in [9.17, 15) is 4.79 Å². The molecule has 1 aliphatic carbocycles. The first-order valence-corrected chi connectivity index (χ1v) is 8.83. The lowest BCUT2D eigenvalue weighted by Crippen LogP contribution is -2.29. The maximum atomic E-state index is 11.7. The number of fused-ring (bicyclic) bond motifs is 3. The van der Waals surface area contributed by atoms with Gasteiger partial charge in [-0.25, -0.2) is 0 Å². The highest BCUT2D eigenvalue weighted by molar-refractivity contribution is 6.35. The van der Waals surface area contributed by atoms with Crippen molar-refractivity contribution in [2.75, 3.05) is 5.32 Å². The van der Waals surface area contributed by atoms with Gasteiger partial charge < -0.3 is 5.32 Å². The molecule has 1 N–H and O–H groups in total. The number of benzene rings is 2. The summed E-state index contributed by atoms with van der Waals surface area (Å²) in [6.07, 6.45) is 5.47. The molecule has 0 saturated heterocycles. The quantitative estimate of drug-likeness (QED) is 0.525. The maximum Gasteiger partial charge on any atom is 0.159 e. The summed E-state index contributed by atoms with van der Waals surface area (Å²) in [6, 6.07) is 11.7. The average molecular weight is 358 g/mol. The molecule has 24 heavy (non-hydrogen) atoms. The molecule has 4 rings (SSSR count). The molecule has 4 heteroatoms. The normalized spacial score (nSPS) is 24.2. The molecule has 2 nitrogen and oxygen atoms in total. The Morgan fingerprint density at radius 3 is 2.71 bits per heavy atom. The molecule has 1 aliphatic heterocycles. The largest absolute Gasteiger partial charge is 0.378 e. The van der Waals surface area contributed by atoms with Gasteiger partial charge in [-0.2, -0.15) is 0 Å². The minimum absolute atomic E-state index is 0.0965. The highest BCUT2D eigenvalue weighted by Crippen LogP contribution is 2.51. The predicted octanol–water partition coefficient (Wildman–Crippen LogP) is 6.02. The minimum atomic E-state index is 0.0965. The minimum Gasteiger partial charge on any atom is -0.378 e. The van der Waals surface area contributed by atoms with Crippen LogP contribution in [0.2, 0.25) is 10.0 Å². The van der Waals surface area contributed by atoms with Crippen LogP contribution in [-0.4, -0.2) is 5.78 Å². The fourth-order valence-corrected chi connectivity index (χ4v) is 4.40. The van der Waals surface area contributed by atoms with Crippen molar-refractivity contribution in [3.8, 4) is 0 Å². The van der Waals surface area contributed by atoms with Crippen LogP contribution in [-0.2, 0) is 0 Å². The van der Waals surface area contributed by atoms with Crippen LogP contribution in [0.1, 0.15) is 46.8 Å². The molecule has 1 heterocycles.